The molecule has 1 aromatic carbocycles. The van der Waals surface area contributed by atoms with Crippen molar-refractivity contribution in [2.24, 2.45) is 0 Å². The van der Waals surface area contributed by atoms with Crippen LogP contribution in [0.3, 0.4) is 0 Å². The first-order chi connectivity index (χ1) is 14.0. The average Bonchev–Trinajstić information content (AvgIpc) is 2.72. The maximum atomic E-state index is 14.2. The molecule has 1 aliphatic heterocycles. The van der Waals surface area contributed by atoms with Crippen molar-refractivity contribution in [1.29, 1.82) is 5.41 Å². The molecule has 0 atom stereocenters. The second-order valence-electron chi connectivity index (χ2n) is 6.89. The van der Waals surface area contributed by atoms with E-state index in [1.807, 2.05) is 4.90 Å². The number of carbonyl (C=O) groups excluding carboxylic acids is 1. The minimum absolute atomic E-state index is 0.0263. The number of Topliss-reactive ketones (excluding diaryl/α,β-unsaturated/α-hetero) is 1. The van der Waals surface area contributed by atoms with Crippen molar-refractivity contribution in [1.82, 2.24) is 15.3 Å². The van der Waals surface area contributed by atoms with Crippen LogP contribution in [0, 0.1) is 17.0 Å². The van der Waals surface area contributed by atoms with E-state index in [0.717, 1.165) is 25.5 Å². The van der Waals surface area contributed by atoms with Crippen LogP contribution >= 0.6 is 0 Å². The first kappa shape index (κ1) is 20.6. The fraction of sp³-hybridized carbons (Fsp3) is 0.333. The maximum Gasteiger partial charge on any atom is 0.183 e. The lowest BCUT2D eigenvalue weighted by Gasteiger charge is -2.27. The molecule has 6 nitrogen and oxygen atoms in total. The van der Waals surface area contributed by atoms with Gasteiger partial charge in [-0.15, -0.1) is 0 Å². The molecule has 0 radical (unpaired) electrons. The number of piperidine rings is 1. The van der Waals surface area contributed by atoms with Crippen LogP contribution in [0.5, 0.6) is 0 Å². The molecule has 0 saturated carbocycles. The van der Waals surface area contributed by atoms with E-state index >= 15 is 0 Å². The Morgan fingerprint density at radius 2 is 1.93 bits per heavy atom. The van der Waals surface area contributed by atoms with Crippen molar-refractivity contribution < 1.29 is 13.6 Å². The van der Waals surface area contributed by atoms with Crippen LogP contribution < -0.4 is 10.2 Å². The van der Waals surface area contributed by atoms with Gasteiger partial charge in [-0.1, -0.05) is 18.2 Å². The fourth-order valence-corrected chi connectivity index (χ4v) is 3.13. The summed E-state index contributed by atoms with van der Waals surface area (Å²) in [6, 6.07) is 6.24. The first-order valence-electron chi connectivity index (χ1n) is 9.52. The van der Waals surface area contributed by atoms with E-state index in [4.69, 9.17) is 5.41 Å². The van der Waals surface area contributed by atoms with Gasteiger partial charge in [0.2, 0.25) is 0 Å². The van der Waals surface area contributed by atoms with Gasteiger partial charge in [-0.2, -0.15) is 0 Å². The molecule has 0 bridgehead atoms. The first-order valence-corrected chi connectivity index (χ1v) is 9.52. The molecule has 29 heavy (non-hydrogen) atoms. The highest BCUT2D eigenvalue weighted by Gasteiger charge is 2.19. The van der Waals surface area contributed by atoms with Gasteiger partial charge in [0.15, 0.2) is 23.2 Å². The standard InChI is InChI=1S/C21H23F2N5O/c1-14(29)19(25-12-15-7-3-4-8-16(15)22)11-18(24)20-26-13-17(23)21(27-20)28-9-5-2-6-10-28/h3-4,7-8,11,13,24-25H,2,5-6,9-10,12H2,1H3/b19-11-,24-18?. The molecule has 0 unspecified atom stereocenters. The summed E-state index contributed by atoms with van der Waals surface area (Å²) in [6.45, 7) is 2.85. The van der Waals surface area contributed by atoms with Gasteiger partial charge in [0.05, 0.1) is 11.9 Å². The van der Waals surface area contributed by atoms with Gasteiger partial charge in [0.25, 0.3) is 0 Å². The van der Waals surface area contributed by atoms with Crippen molar-refractivity contribution in [3.63, 3.8) is 0 Å². The molecule has 1 fully saturated rings. The summed E-state index contributed by atoms with van der Waals surface area (Å²) in [5, 5.41) is 11.1. The monoisotopic (exact) mass is 399 g/mol. The quantitative estimate of drug-likeness (QED) is 0.551. The molecule has 1 aromatic heterocycles. The van der Waals surface area contributed by atoms with Crippen LogP contribution in [0.25, 0.3) is 0 Å². The zero-order chi connectivity index (χ0) is 20.8. The highest BCUT2D eigenvalue weighted by atomic mass is 19.1. The Morgan fingerprint density at radius 3 is 2.62 bits per heavy atom. The highest BCUT2D eigenvalue weighted by Crippen LogP contribution is 2.20. The average molecular weight is 399 g/mol. The molecule has 152 valence electrons. The summed E-state index contributed by atoms with van der Waals surface area (Å²) in [6.07, 6.45) is 5.37. The molecule has 0 aliphatic carbocycles. The SMILES string of the molecule is CC(=O)/C(=C/C(=N)c1ncc(F)c(N2CCCCC2)n1)NCc1ccccc1F. The topological polar surface area (TPSA) is 82.0 Å². The molecule has 8 heteroatoms. The van der Waals surface area contributed by atoms with E-state index in [2.05, 4.69) is 15.3 Å². The van der Waals surface area contributed by atoms with Crippen molar-refractivity contribution in [3.05, 3.63) is 65.3 Å². The van der Waals surface area contributed by atoms with Gasteiger partial charge < -0.3 is 10.2 Å². The van der Waals surface area contributed by atoms with Gasteiger partial charge in [-0.3, -0.25) is 10.2 Å². The Kier molecular flexibility index (Phi) is 6.64. The number of carbonyl (C=O) groups is 1. The van der Waals surface area contributed by atoms with Crippen molar-refractivity contribution >= 4 is 17.3 Å². The lowest BCUT2D eigenvalue weighted by molar-refractivity contribution is -0.114. The predicted molar refractivity (Wildman–Crippen MR) is 107 cm³/mol. The van der Waals surface area contributed by atoms with Crippen LogP contribution in [-0.4, -0.2) is 34.6 Å². The molecule has 2 heterocycles. The Morgan fingerprint density at radius 1 is 1.21 bits per heavy atom. The molecular weight excluding hydrogens is 376 g/mol. The van der Waals surface area contributed by atoms with Crippen LogP contribution in [0.1, 0.15) is 37.6 Å². The van der Waals surface area contributed by atoms with Crippen molar-refractivity contribution in [3.8, 4) is 0 Å². The van der Waals surface area contributed by atoms with E-state index in [0.29, 0.717) is 18.7 Å². The van der Waals surface area contributed by atoms with Crippen molar-refractivity contribution in [2.75, 3.05) is 18.0 Å². The molecular formula is C21H23F2N5O. The molecule has 1 aliphatic rings. The van der Waals surface area contributed by atoms with Crippen LogP contribution in [0.15, 0.2) is 42.2 Å². The number of halogens is 2. The Balaban J connectivity index is 1.79. The fourth-order valence-electron chi connectivity index (χ4n) is 3.13. The second kappa shape index (κ2) is 9.36. The number of ketones is 1. The van der Waals surface area contributed by atoms with Crippen LogP contribution in [0.2, 0.25) is 0 Å². The van der Waals surface area contributed by atoms with E-state index in [9.17, 15) is 13.6 Å². The summed E-state index contributed by atoms with van der Waals surface area (Å²) in [5.74, 6) is -1.03. The lowest BCUT2D eigenvalue weighted by atomic mass is 10.1. The highest BCUT2D eigenvalue weighted by molar-refractivity contribution is 6.09. The van der Waals surface area contributed by atoms with E-state index in [1.165, 1.54) is 19.1 Å². The summed E-state index contributed by atoms with van der Waals surface area (Å²) in [4.78, 5) is 21.9. The molecule has 2 N–H and O–H groups in total. The normalized spacial score (nSPS) is 14.6. The molecule has 3 rings (SSSR count). The Bertz CT molecular complexity index is 938. The number of nitrogens with one attached hydrogen (secondary N) is 2. The summed E-state index contributed by atoms with van der Waals surface area (Å²) in [7, 11) is 0. The number of hydrogen-bond donors (Lipinski definition) is 2. The van der Waals surface area contributed by atoms with Crippen LogP contribution in [-0.2, 0) is 11.3 Å². The van der Waals surface area contributed by atoms with E-state index < -0.39 is 5.82 Å². The second-order valence-corrected chi connectivity index (χ2v) is 6.89. The van der Waals surface area contributed by atoms with Gasteiger partial charge in [0.1, 0.15) is 11.5 Å². The molecule has 2 aromatic rings. The zero-order valence-electron chi connectivity index (χ0n) is 16.2. The third-order valence-corrected chi connectivity index (χ3v) is 4.72. The number of hydrogen-bond acceptors (Lipinski definition) is 6. The molecule has 1 saturated heterocycles. The number of anilines is 1. The number of aromatic nitrogens is 2. The zero-order valence-corrected chi connectivity index (χ0v) is 16.2. The Labute approximate surface area is 168 Å². The molecule has 0 amide bonds. The van der Waals surface area contributed by atoms with Gasteiger partial charge in [-0.05, 0) is 31.4 Å². The smallest absolute Gasteiger partial charge is 0.183 e. The molecule has 0 spiro atoms. The number of rotatable bonds is 7. The number of allylic oxidation sites excluding steroid dienone is 2. The minimum atomic E-state index is -0.531. The summed E-state index contributed by atoms with van der Waals surface area (Å²) >= 11 is 0. The van der Waals surface area contributed by atoms with E-state index in [-0.39, 0.29) is 41.2 Å². The van der Waals surface area contributed by atoms with Gasteiger partial charge >= 0.3 is 0 Å². The maximum absolute atomic E-state index is 14.2. The van der Waals surface area contributed by atoms with E-state index in [1.54, 1.807) is 18.2 Å². The van der Waals surface area contributed by atoms with Gasteiger partial charge in [0, 0.05) is 32.1 Å². The minimum Gasteiger partial charge on any atom is -0.378 e. The largest absolute Gasteiger partial charge is 0.378 e. The summed E-state index contributed by atoms with van der Waals surface area (Å²) < 4.78 is 28.0. The van der Waals surface area contributed by atoms with Crippen LogP contribution in [0.4, 0.5) is 14.6 Å². The van der Waals surface area contributed by atoms with Gasteiger partial charge in [-0.25, -0.2) is 18.7 Å². The predicted octanol–water partition coefficient (Wildman–Crippen LogP) is 3.38. The number of nitrogens with zero attached hydrogens (tertiary/aromatic N) is 3. The Hall–Kier alpha value is -3.16. The lowest BCUT2D eigenvalue weighted by Crippen LogP contribution is -2.31. The van der Waals surface area contributed by atoms with Crippen molar-refractivity contribution in [2.45, 2.75) is 32.7 Å². The third-order valence-electron chi connectivity index (χ3n) is 4.72. The third kappa shape index (κ3) is 5.22. The summed E-state index contributed by atoms with van der Waals surface area (Å²) in [5.41, 5.74) is 0.400. The number of benzene rings is 1.